The van der Waals surface area contributed by atoms with Gasteiger partial charge in [-0.15, -0.1) is 0 Å². The van der Waals surface area contributed by atoms with Gasteiger partial charge < -0.3 is 19.9 Å². The van der Waals surface area contributed by atoms with Crippen LogP contribution in [0.5, 0.6) is 0 Å². The van der Waals surface area contributed by atoms with Crippen LogP contribution in [-0.4, -0.2) is 71.3 Å². The molecule has 1 aliphatic heterocycles. The number of morpholine rings is 1. The van der Waals surface area contributed by atoms with Crippen LogP contribution < -0.4 is 10.2 Å². The van der Waals surface area contributed by atoms with Crippen LogP contribution in [0.3, 0.4) is 0 Å². The maximum absolute atomic E-state index is 12.7. The molecule has 11 nitrogen and oxygen atoms in total. The first kappa shape index (κ1) is 22.9. The van der Waals surface area contributed by atoms with E-state index >= 15 is 0 Å². The summed E-state index contributed by atoms with van der Waals surface area (Å²) < 4.78 is 6.74. The minimum Gasteiger partial charge on any atom is -0.378 e. The Morgan fingerprint density at radius 3 is 2.56 bits per heavy atom. The third-order valence-electron chi connectivity index (χ3n) is 5.37. The Kier molecular flexibility index (Phi) is 6.83. The van der Waals surface area contributed by atoms with E-state index in [-0.39, 0.29) is 23.8 Å². The molecule has 0 radical (unpaired) electrons. The smallest absolute Gasteiger partial charge is 0.274 e. The van der Waals surface area contributed by atoms with Gasteiger partial charge >= 0.3 is 0 Å². The first-order valence-electron chi connectivity index (χ1n) is 10.7. The molecule has 0 spiro atoms. The monoisotopic (exact) mass is 464 g/mol. The number of nitrogens with one attached hydrogen (secondary N) is 1. The van der Waals surface area contributed by atoms with Crippen molar-refractivity contribution in [3.05, 3.63) is 76.6 Å². The van der Waals surface area contributed by atoms with Gasteiger partial charge in [0.15, 0.2) is 5.69 Å². The van der Waals surface area contributed by atoms with Gasteiger partial charge in [0, 0.05) is 49.8 Å². The first-order chi connectivity index (χ1) is 16.4. The van der Waals surface area contributed by atoms with E-state index < -0.39 is 10.8 Å². The van der Waals surface area contributed by atoms with E-state index in [9.17, 15) is 19.7 Å². The molecule has 0 bridgehead atoms. The quantitative estimate of drug-likeness (QED) is 0.420. The maximum Gasteiger partial charge on any atom is 0.274 e. The summed E-state index contributed by atoms with van der Waals surface area (Å²) in [6, 6.07) is 15.0. The number of nitro groups is 1. The molecule has 11 heteroatoms. The van der Waals surface area contributed by atoms with Crippen LogP contribution in [0.2, 0.25) is 0 Å². The molecule has 1 N–H and O–H groups in total. The number of non-ortho nitro benzene ring substituents is 1. The van der Waals surface area contributed by atoms with Crippen molar-refractivity contribution in [3.63, 3.8) is 0 Å². The molecule has 176 valence electrons. The van der Waals surface area contributed by atoms with Crippen LogP contribution in [0.15, 0.2) is 60.8 Å². The number of nitrogens with zero attached hydrogens (tertiary/aromatic N) is 5. The second-order valence-corrected chi connectivity index (χ2v) is 7.78. The summed E-state index contributed by atoms with van der Waals surface area (Å²) in [4.78, 5) is 39.1. The molecule has 0 atom stereocenters. The number of rotatable bonds is 7. The number of anilines is 2. The van der Waals surface area contributed by atoms with Gasteiger partial charge in [0.2, 0.25) is 5.91 Å². The summed E-state index contributed by atoms with van der Waals surface area (Å²) in [5.74, 6) is -0.782. The molecule has 1 aromatic heterocycles. The number of hydrogen-bond acceptors (Lipinski definition) is 7. The Morgan fingerprint density at radius 1 is 1.12 bits per heavy atom. The Balaban J connectivity index is 1.34. The maximum atomic E-state index is 12.7. The predicted octanol–water partition coefficient (Wildman–Crippen LogP) is 2.33. The van der Waals surface area contributed by atoms with E-state index in [1.807, 2.05) is 24.3 Å². The molecule has 1 aliphatic rings. The molecule has 1 fully saturated rings. The van der Waals surface area contributed by atoms with Gasteiger partial charge in [-0.05, 0) is 36.4 Å². The average Bonchev–Trinajstić information content (AvgIpc) is 3.35. The number of benzene rings is 2. The van der Waals surface area contributed by atoms with Gasteiger partial charge in [0.1, 0.15) is 0 Å². The highest BCUT2D eigenvalue weighted by Gasteiger charge is 2.19. The van der Waals surface area contributed by atoms with E-state index in [0.717, 1.165) is 18.8 Å². The van der Waals surface area contributed by atoms with Gasteiger partial charge in [0.25, 0.3) is 11.6 Å². The number of carbonyl (C=O) groups excluding carboxylic acids is 2. The van der Waals surface area contributed by atoms with Crippen molar-refractivity contribution < 1.29 is 19.2 Å². The second-order valence-electron chi connectivity index (χ2n) is 7.78. The fourth-order valence-corrected chi connectivity index (χ4v) is 3.59. The molecule has 34 heavy (non-hydrogen) atoms. The van der Waals surface area contributed by atoms with Crippen molar-refractivity contribution in [1.29, 1.82) is 0 Å². The van der Waals surface area contributed by atoms with Crippen LogP contribution in [0, 0.1) is 10.1 Å². The molecular formula is C23H24N6O5. The minimum atomic E-state index is -0.498. The number of likely N-dealkylation sites (N-methyl/N-ethyl adjacent to an activating group) is 1. The molecule has 1 saturated heterocycles. The topological polar surface area (TPSA) is 123 Å². The van der Waals surface area contributed by atoms with E-state index in [2.05, 4.69) is 15.3 Å². The van der Waals surface area contributed by atoms with Crippen molar-refractivity contribution in [2.75, 3.05) is 50.1 Å². The molecule has 4 rings (SSSR count). The van der Waals surface area contributed by atoms with Crippen molar-refractivity contribution in [1.82, 2.24) is 14.7 Å². The average molecular weight is 464 g/mol. The highest BCUT2D eigenvalue weighted by molar-refractivity contribution is 5.98. The number of carbonyl (C=O) groups is 2. The molecule has 2 heterocycles. The summed E-state index contributed by atoms with van der Waals surface area (Å²) in [5.41, 5.74) is 2.20. The largest absolute Gasteiger partial charge is 0.378 e. The number of ether oxygens (including phenoxy) is 1. The lowest BCUT2D eigenvalue weighted by molar-refractivity contribution is -0.384. The lowest BCUT2D eigenvalue weighted by Crippen LogP contribution is -2.36. The Bertz CT molecular complexity index is 1190. The Hall–Kier alpha value is -4.25. The summed E-state index contributed by atoms with van der Waals surface area (Å²) in [5, 5.41) is 18.0. The summed E-state index contributed by atoms with van der Waals surface area (Å²) in [7, 11) is 1.51. The number of aromatic nitrogens is 2. The number of nitro benzene ring substituents is 1. The summed E-state index contributed by atoms with van der Waals surface area (Å²) >= 11 is 0. The molecule has 2 amide bonds. The van der Waals surface area contributed by atoms with E-state index in [1.54, 1.807) is 12.1 Å². The predicted molar refractivity (Wildman–Crippen MR) is 125 cm³/mol. The van der Waals surface area contributed by atoms with E-state index in [0.29, 0.717) is 24.6 Å². The fraction of sp³-hybridized carbons (Fsp3) is 0.261. The molecule has 3 aromatic rings. The second kappa shape index (κ2) is 10.1. The number of amides is 2. The van der Waals surface area contributed by atoms with Gasteiger partial charge in [-0.2, -0.15) is 5.10 Å². The Morgan fingerprint density at radius 2 is 1.85 bits per heavy atom. The molecule has 2 aromatic carbocycles. The zero-order valence-corrected chi connectivity index (χ0v) is 18.6. The SMILES string of the molecule is CN(CC(=O)Nc1ccc(N2CCOCC2)cc1)C(=O)c1ccn(-c2cccc([N+](=O)[O-])c2)n1. The highest BCUT2D eigenvalue weighted by Crippen LogP contribution is 2.19. The van der Waals surface area contributed by atoms with Gasteiger partial charge in [0.05, 0.1) is 30.4 Å². The van der Waals surface area contributed by atoms with E-state index in [1.165, 1.54) is 41.0 Å². The molecular weight excluding hydrogens is 440 g/mol. The van der Waals surface area contributed by atoms with Crippen LogP contribution in [-0.2, 0) is 9.53 Å². The van der Waals surface area contributed by atoms with E-state index in [4.69, 9.17) is 4.74 Å². The number of hydrogen-bond donors (Lipinski definition) is 1. The Labute approximate surface area is 195 Å². The van der Waals surface area contributed by atoms with Gasteiger partial charge in [-0.3, -0.25) is 19.7 Å². The third-order valence-corrected chi connectivity index (χ3v) is 5.37. The fourth-order valence-electron chi connectivity index (χ4n) is 3.59. The molecule has 0 aliphatic carbocycles. The van der Waals surface area contributed by atoms with Crippen molar-refractivity contribution in [2.45, 2.75) is 0 Å². The van der Waals surface area contributed by atoms with Crippen LogP contribution in [0.4, 0.5) is 17.1 Å². The van der Waals surface area contributed by atoms with Crippen LogP contribution in [0.25, 0.3) is 5.69 Å². The molecule has 0 saturated carbocycles. The zero-order valence-electron chi connectivity index (χ0n) is 18.6. The third kappa shape index (κ3) is 5.38. The highest BCUT2D eigenvalue weighted by atomic mass is 16.6. The molecule has 0 unspecified atom stereocenters. The normalized spacial score (nSPS) is 13.4. The van der Waals surface area contributed by atoms with Gasteiger partial charge in [-0.1, -0.05) is 6.07 Å². The lowest BCUT2D eigenvalue weighted by atomic mass is 10.2. The van der Waals surface area contributed by atoms with Crippen LogP contribution in [0.1, 0.15) is 10.5 Å². The van der Waals surface area contributed by atoms with Gasteiger partial charge in [-0.25, -0.2) is 4.68 Å². The standard InChI is InChI=1S/C23H24N6O5/c1-26(16-22(30)24-17-5-7-18(8-6-17)27-11-13-34-14-12-27)23(31)21-9-10-28(25-21)19-3-2-4-20(15-19)29(32)33/h2-10,15H,11-14,16H2,1H3,(H,24,30). The van der Waals surface area contributed by atoms with Crippen LogP contribution >= 0.6 is 0 Å². The van der Waals surface area contributed by atoms with Crippen molar-refractivity contribution in [2.24, 2.45) is 0 Å². The summed E-state index contributed by atoms with van der Waals surface area (Å²) in [6.45, 7) is 2.89. The van der Waals surface area contributed by atoms with Crippen molar-refractivity contribution >= 4 is 28.9 Å². The lowest BCUT2D eigenvalue weighted by Gasteiger charge is -2.28. The minimum absolute atomic E-state index is 0.0763. The zero-order chi connectivity index (χ0) is 24.1. The summed E-state index contributed by atoms with van der Waals surface area (Å²) in [6.07, 6.45) is 1.54. The first-order valence-corrected chi connectivity index (χ1v) is 10.7. The van der Waals surface area contributed by atoms with Crippen molar-refractivity contribution in [3.8, 4) is 5.69 Å².